The van der Waals surface area contributed by atoms with E-state index in [2.05, 4.69) is 4.90 Å². The Morgan fingerprint density at radius 2 is 1.91 bits per heavy atom. The monoisotopic (exact) mass is 298 g/mol. The van der Waals surface area contributed by atoms with E-state index in [0.29, 0.717) is 36.0 Å². The molecular formula is C16H14N2O4. The number of benzene rings is 1. The van der Waals surface area contributed by atoms with Crippen LogP contribution < -0.4 is 20.0 Å². The molecular weight excluding hydrogens is 284 g/mol. The molecule has 0 amide bonds. The molecule has 4 rings (SSSR count). The van der Waals surface area contributed by atoms with Gasteiger partial charge in [-0.25, -0.2) is 4.79 Å². The van der Waals surface area contributed by atoms with Crippen LogP contribution in [0, 0.1) is 11.3 Å². The average molecular weight is 298 g/mol. The van der Waals surface area contributed by atoms with Crippen molar-refractivity contribution in [1.29, 1.82) is 5.26 Å². The Balaban J connectivity index is 2.06. The molecule has 0 atom stereocenters. The summed E-state index contributed by atoms with van der Waals surface area (Å²) in [5.41, 5.74) is 0.455. The summed E-state index contributed by atoms with van der Waals surface area (Å²) in [6, 6.07) is 5.63. The lowest BCUT2D eigenvalue weighted by Crippen LogP contribution is -2.23. The minimum Gasteiger partial charge on any atom is -0.486 e. The van der Waals surface area contributed by atoms with E-state index in [4.69, 9.17) is 13.9 Å². The molecule has 1 aromatic carbocycles. The van der Waals surface area contributed by atoms with E-state index in [1.807, 2.05) is 12.1 Å². The number of ether oxygens (including phenoxy) is 2. The molecule has 0 aliphatic carbocycles. The summed E-state index contributed by atoms with van der Waals surface area (Å²) in [4.78, 5) is 14.3. The van der Waals surface area contributed by atoms with E-state index in [1.165, 1.54) is 0 Å². The Bertz CT molecular complexity index is 844. The van der Waals surface area contributed by atoms with Crippen LogP contribution in [0.2, 0.25) is 0 Å². The number of nitrogens with zero attached hydrogens (tertiary/aromatic N) is 2. The number of hydrogen-bond donors (Lipinski definition) is 0. The van der Waals surface area contributed by atoms with Gasteiger partial charge in [0, 0.05) is 18.5 Å². The number of nitriles is 1. The van der Waals surface area contributed by atoms with Crippen molar-refractivity contribution in [3.63, 3.8) is 0 Å². The molecule has 0 bridgehead atoms. The first-order chi connectivity index (χ1) is 10.8. The smallest absolute Gasteiger partial charge is 0.356 e. The third-order valence-corrected chi connectivity index (χ3v) is 4.09. The molecule has 1 saturated heterocycles. The van der Waals surface area contributed by atoms with Gasteiger partial charge < -0.3 is 18.8 Å². The summed E-state index contributed by atoms with van der Waals surface area (Å²) in [5, 5.41) is 10.1. The second-order valence-electron chi connectivity index (χ2n) is 5.39. The zero-order chi connectivity index (χ0) is 15.1. The predicted octanol–water partition coefficient (Wildman–Crippen LogP) is 2.04. The second kappa shape index (κ2) is 4.95. The highest BCUT2D eigenvalue weighted by Crippen LogP contribution is 2.41. The van der Waals surface area contributed by atoms with Crippen molar-refractivity contribution in [2.75, 3.05) is 31.2 Å². The van der Waals surface area contributed by atoms with Crippen LogP contribution in [0.4, 0.5) is 5.69 Å². The lowest BCUT2D eigenvalue weighted by Gasteiger charge is -2.23. The summed E-state index contributed by atoms with van der Waals surface area (Å²) >= 11 is 0. The van der Waals surface area contributed by atoms with Crippen molar-refractivity contribution >= 4 is 16.7 Å². The number of anilines is 1. The molecule has 2 aromatic rings. The Kier molecular flexibility index (Phi) is 2.93. The van der Waals surface area contributed by atoms with Crippen molar-refractivity contribution in [2.24, 2.45) is 0 Å². The van der Waals surface area contributed by atoms with Gasteiger partial charge in [-0.2, -0.15) is 5.26 Å². The van der Waals surface area contributed by atoms with Crippen LogP contribution in [-0.2, 0) is 0 Å². The summed E-state index contributed by atoms with van der Waals surface area (Å²) < 4.78 is 16.5. The Labute approximate surface area is 126 Å². The lowest BCUT2D eigenvalue weighted by atomic mass is 10.1. The molecule has 3 heterocycles. The van der Waals surface area contributed by atoms with Gasteiger partial charge in [-0.05, 0) is 25.0 Å². The van der Waals surface area contributed by atoms with Crippen molar-refractivity contribution < 1.29 is 13.9 Å². The molecule has 6 nitrogen and oxygen atoms in total. The first-order valence-electron chi connectivity index (χ1n) is 7.34. The zero-order valence-electron chi connectivity index (χ0n) is 11.9. The zero-order valence-corrected chi connectivity index (χ0v) is 11.9. The first kappa shape index (κ1) is 13.0. The predicted molar refractivity (Wildman–Crippen MR) is 79.6 cm³/mol. The van der Waals surface area contributed by atoms with Gasteiger partial charge >= 0.3 is 5.63 Å². The van der Waals surface area contributed by atoms with E-state index in [1.54, 1.807) is 6.07 Å². The summed E-state index contributed by atoms with van der Waals surface area (Å²) in [6.07, 6.45) is 2.11. The molecule has 22 heavy (non-hydrogen) atoms. The van der Waals surface area contributed by atoms with Gasteiger partial charge in [0.15, 0.2) is 16.9 Å². The maximum atomic E-state index is 12.2. The normalized spacial score (nSPS) is 16.8. The van der Waals surface area contributed by atoms with Crippen molar-refractivity contribution in [2.45, 2.75) is 12.8 Å². The SMILES string of the molecule is N#Cc1c(N2CCCC2)c2ccc3c(c2oc1=O)OCCO3. The fourth-order valence-electron chi connectivity index (χ4n) is 3.12. The van der Waals surface area contributed by atoms with Gasteiger partial charge in [-0.3, -0.25) is 0 Å². The number of rotatable bonds is 1. The van der Waals surface area contributed by atoms with Crippen LogP contribution in [0.3, 0.4) is 0 Å². The molecule has 2 aliphatic heterocycles. The Hall–Kier alpha value is -2.68. The van der Waals surface area contributed by atoms with Crippen molar-refractivity contribution in [3.8, 4) is 17.6 Å². The highest BCUT2D eigenvalue weighted by molar-refractivity contribution is 5.97. The quantitative estimate of drug-likeness (QED) is 0.750. The maximum Gasteiger partial charge on any atom is 0.356 e. The molecule has 0 unspecified atom stereocenters. The van der Waals surface area contributed by atoms with E-state index in [0.717, 1.165) is 31.3 Å². The van der Waals surface area contributed by atoms with Gasteiger partial charge in [0.05, 0.1) is 5.69 Å². The van der Waals surface area contributed by atoms with Gasteiger partial charge in [0.1, 0.15) is 19.3 Å². The summed E-state index contributed by atoms with van der Waals surface area (Å²) in [7, 11) is 0. The molecule has 0 N–H and O–H groups in total. The standard InChI is InChI=1S/C16H14N2O4/c17-9-11-13(18-5-1-2-6-18)10-3-4-12-15(21-8-7-20-12)14(10)22-16(11)19/h3-4H,1-2,5-8H2. The fourth-order valence-corrected chi connectivity index (χ4v) is 3.12. The van der Waals surface area contributed by atoms with Crippen LogP contribution in [0.15, 0.2) is 21.3 Å². The van der Waals surface area contributed by atoms with E-state index < -0.39 is 5.63 Å². The van der Waals surface area contributed by atoms with E-state index in [9.17, 15) is 10.1 Å². The number of hydrogen-bond acceptors (Lipinski definition) is 6. The van der Waals surface area contributed by atoms with Gasteiger partial charge in [-0.15, -0.1) is 0 Å². The van der Waals surface area contributed by atoms with Crippen LogP contribution in [0.5, 0.6) is 11.5 Å². The fraction of sp³-hybridized carbons (Fsp3) is 0.375. The molecule has 1 fully saturated rings. The van der Waals surface area contributed by atoms with E-state index >= 15 is 0 Å². The molecule has 6 heteroatoms. The highest BCUT2D eigenvalue weighted by Gasteiger charge is 2.26. The Morgan fingerprint density at radius 1 is 1.14 bits per heavy atom. The minimum absolute atomic E-state index is 0.0612. The second-order valence-corrected chi connectivity index (χ2v) is 5.39. The van der Waals surface area contributed by atoms with E-state index in [-0.39, 0.29) is 5.56 Å². The average Bonchev–Trinajstić information content (AvgIpc) is 3.07. The molecule has 2 aliphatic rings. The van der Waals surface area contributed by atoms with Gasteiger partial charge in [-0.1, -0.05) is 0 Å². The largest absolute Gasteiger partial charge is 0.486 e. The lowest BCUT2D eigenvalue weighted by molar-refractivity contribution is 0.171. The maximum absolute atomic E-state index is 12.2. The third-order valence-electron chi connectivity index (χ3n) is 4.09. The molecule has 0 saturated carbocycles. The topological polar surface area (TPSA) is 75.7 Å². The third kappa shape index (κ3) is 1.82. The Morgan fingerprint density at radius 3 is 2.68 bits per heavy atom. The van der Waals surface area contributed by atoms with Gasteiger partial charge in [0.2, 0.25) is 5.75 Å². The highest BCUT2D eigenvalue weighted by atomic mass is 16.6. The summed E-state index contributed by atoms with van der Waals surface area (Å²) in [6.45, 7) is 2.55. The molecule has 1 aromatic heterocycles. The molecule has 0 spiro atoms. The van der Waals surface area contributed by atoms with Crippen molar-refractivity contribution in [1.82, 2.24) is 0 Å². The van der Waals surface area contributed by atoms with Gasteiger partial charge in [0.25, 0.3) is 0 Å². The first-order valence-corrected chi connectivity index (χ1v) is 7.34. The minimum atomic E-state index is -0.625. The van der Waals surface area contributed by atoms with Crippen LogP contribution in [-0.4, -0.2) is 26.3 Å². The molecule has 112 valence electrons. The van der Waals surface area contributed by atoms with Crippen LogP contribution in [0.1, 0.15) is 18.4 Å². The number of fused-ring (bicyclic) bond motifs is 3. The van der Waals surface area contributed by atoms with Crippen molar-refractivity contribution in [3.05, 3.63) is 28.1 Å². The van der Waals surface area contributed by atoms with Crippen LogP contribution in [0.25, 0.3) is 11.0 Å². The summed E-state index contributed by atoms with van der Waals surface area (Å²) in [5.74, 6) is 1.02. The van der Waals surface area contributed by atoms with Crippen LogP contribution >= 0.6 is 0 Å². The molecule has 0 radical (unpaired) electrons.